The number of carbonyl (C=O) groups is 3. The second-order valence-electron chi connectivity index (χ2n) is 11.3. The summed E-state index contributed by atoms with van der Waals surface area (Å²) in [5, 5.41) is 12.7. The van der Waals surface area contributed by atoms with E-state index in [9.17, 15) is 27.9 Å². The van der Waals surface area contributed by atoms with E-state index in [0.29, 0.717) is 31.7 Å². The van der Waals surface area contributed by atoms with Gasteiger partial charge in [-0.2, -0.15) is 0 Å². The molecule has 3 fully saturated rings. The number of amides is 4. The van der Waals surface area contributed by atoms with Crippen LogP contribution in [0.5, 0.6) is 5.75 Å². The van der Waals surface area contributed by atoms with E-state index in [1.807, 2.05) is 36.4 Å². The Morgan fingerprint density at radius 2 is 1.93 bits per heavy atom. The monoisotopic (exact) mass is 574 g/mol. The first-order valence-corrected chi connectivity index (χ1v) is 15.6. The van der Waals surface area contributed by atoms with Crippen LogP contribution >= 0.6 is 0 Å². The maximum absolute atomic E-state index is 13.8. The van der Waals surface area contributed by atoms with Gasteiger partial charge in [0.1, 0.15) is 17.3 Å². The summed E-state index contributed by atoms with van der Waals surface area (Å²) in [6.45, 7) is 0.815. The molecule has 1 saturated heterocycles. The number of carbonyl (C=O) groups excluding carboxylic acids is 3. The van der Waals surface area contributed by atoms with Crippen molar-refractivity contribution in [2.45, 2.75) is 80.8 Å². The molecule has 2 heterocycles. The van der Waals surface area contributed by atoms with Crippen LogP contribution in [-0.4, -0.2) is 84.3 Å². The van der Waals surface area contributed by atoms with E-state index < -0.39 is 44.8 Å². The molecule has 218 valence electrons. The van der Waals surface area contributed by atoms with Gasteiger partial charge in [-0.15, -0.1) is 0 Å². The molecule has 11 nitrogen and oxygen atoms in total. The number of fused-ring (bicyclic) bond motifs is 2. The van der Waals surface area contributed by atoms with Crippen LogP contribution in [0, 0.1) is 5.92 Å². The third kappa shape index (κ3) is 6.12. The number of hydrogen-bond donors (Lipinski definition) is 3. The minimum atomic E-state index is -3.80. The lowest BCUT2D eigenvalue weighted by Crippen LogP contribution is -2.57. The number of aliphatic hydroxyl groups is 1. The van der Waals surface area contributed by atoms with E-state index in [1.54, 1.807) is 12.0 Å². The normalized spacial score (nSPS) is 30.3. The number of nitrogens with zero attached hydrogens (tertiary/aromatic N) is 2. The first-order chi connectivity index (χ1) is 19.1. The number of allylic oxidation sites excluding steroid dienone is 1. The van der Waals surface area contributed by atoms with Gasteiger partial charge in [0.15, 0.2) is 0 Å². The standard InChI is InChI=1S/C28H38N4O7S/c1-39-22-10-8-19(9-11-22)17-31-14-6-4-2-3-5-7-20-16-28(20,26(35)30-40(37,38)23-12-13-23)29-25(34)24-15-21(33)18-32(24)27(31)36/h5,7-11,20-21,23-24,33H,2-4,6,12-18H2,1H3,(H,29,34)(H,30,35)/b7-5-/t20-,21-,24+,28-/m1/s1. The van der Waals surface area contributed by atoms with Crippen molar-refractivity contribution < 1.29 is 32.6 Å². The molecule has 2 aliphatic carbocycles. The van der Waals surface area contributed by atoms with Crippen molar-refractivity contribution in [3.63, 3.8) is 0 Å². The van der Waals surface area contributed by atoms with E-state index >= 15 is 0 Å². The second kappa shape index (κ2) is 11.4. The number of ether oxygens (including phenoxy) is 1. The van der Waals surface area contributed by atoms with Crippen molar-refractivity contribution >= 4 is 27.9 Å². The molecule has 2 aliphatic heterocycles. The van der Waals surface area contributed by atoms with Crippen LogP contribution in [0.1, 0.15) is 56.9 Å². The van der Waals surface area contributed by atoms with Gasteiger partial charge >= 0.3 is 6.03 Å². The topological polar surface area (TPSA) is 145 Å². The SMILES string of the molecule is COc1ccc(CN2CCCCC/C=C\[C@@H]3C[C@@]3(C(=O)NS(=O)(=O)C3CC3)NC(=O)[C@@H]3C[C@@H](O)CN3C2=O)cc1. The molecule has 40 heavy (non-hydrogen) atoms. The number of nitrogens with one attached hydrogen (secondary N) is 2. The molecule has 3 N–H and O–H groups in total. The van der Waals surface area contributed by atoms with Crippen molar-refractivity contribution in [1.29, 1.82) is 0 Å². The van der Waals surface area contributed by atoms with Crippen LogP contribution in [0.4, 0.5) is 4.79 Å². The largest absolute Gasteiger partial charge is 0.497 e. The first kappa shape index (κ1) is 28.4. The lowest BCUT2D eigenvalue weighted by atomic mass is 10.1. The number of aliphatic hydroxyl groups excluding tert-OH is 1. The number of hydrogen-bond acceptors (Lipinski definition) is 7. The van der Waals surface area contributed by atoms with Gasteiger partial charge in [0.2, 0.25) is 15.9 Å². The van der Waals surface area contributed by atoms with E-state index in [0.717, 1.165) is 31.2 Å². The van der Waals surface area contributed by atoms with Gasteiger partial charge in [-0.3, -0.25) is 14.3 Å². The van der Waals surface area contributed by atoms with Gasteiger partial charge in [0.25, 0.3) is 5.91 Å². The van der Waals surface area contributed by atoms with Crippen LogP contribution in [0.25, 0.3) is 0 Å². The highest BCUT2D eigenvalue weighted by molar-refractivity contribution is 7.91. The summed E-state index contributed by atoms with van der Waals surface area (Å²) in [6.07, 6.45) is 7.62. The van der Waals surface area contributed by atoms with Gasteiger partial charge in [0.05, 0.1) is 18.5 Å². The fraction of sp³-hybridized carbons (Fsp3) is 0.607. The minimum absolute atomic E-state index is 0.00534. The lowest BCUT2D eigenvalue weighted by molar-refractivity contribution is -0.131. The first-order valence-electron chi connectivity index (χ1n) is 14.0. The van der Waals surface area contributed by atoms with Gasteiger partial charge in [0, 0.05) is 32.0 Å². The molecule has 4 amide bonds. The fourth-order valence-corrected chi connectivity index (χ4v) is 6.98. The Labute approximate surface area is 235 Å². The highest BCUT2D eigenvalue weighted by Gasteiger charge is 2.62. The molecular weight excluding hydrogens is 536 g/mol. The third-order valence-electron chi connectivity index (χ3n) is 8.26. The average Bonchev–Trinajstić information content (AvgIpc) is 3.84. The second-order valence-corrected chi connectivity index (χ2v) is 13.3. The maximum Gasteiger partial charge on any atom is 0.321 e. The summed E-state index contributed by atoms with van der Waals surface area (Å²) in [5.74, 6) is -0.956. The highest BCUT2D eigenvalue weighted by Crippen LogP contribution is 2.46. The van der Waals surface area contributed by atoms with Crippen LogP contribution in [0.15, 0.2) is 36.4 Å². The van der Waals surface area contributed by atoms with E-state index in [1.165, 1.54) is 4.90 Å². The summed E-state index contributed by atoms with van der Waals surface area (Å²) in [4.78, 5) is 43.8. The van der Waals surface area contributed by atoms with Crippen LogP contribution in [0.2, 0.25) is 0 Å². The smallest absolute Gasteiger partial charge is 0.321 e. The molecule has 12 heteroatoms. The molecule has 1 aromatic rings. The molecule has 0 spiro atoms. The van der Waals surface area contributed by atoms with Crippen molar-refractivity contribution in [3.8, 4) is 5.75 Å². The summed E-state index contributed by atoms with van der Waals surface area (Å²) >= 11 is 0. The summed E-state index contributed by atoms with van der Waals surface area (Å²) < 4.78 is 32.5. The van der Waals surface area contributed by atoms with Gasteiger partial charge in [-0.1, -0.05) is 30.7 Å². The van der Waals surface area contributed by atoms with Crippen molar-refractivity contribution in [3.05, 3.63) is 42.0 Å². The molecule has 0 unspecified atom stereocenters. The number of sulfonamides is 1. The van der Waals surface area contributed by atoms with Gasteiger partial charge < -0.3 is 25.0 Å². The van der Waals surface area contributed by atoms with Crippen LogP contribution < -0.4 is 14.8 Å². The minimum Gasteiger partial charge on any atom is -0.497 e. The quantitative estimate of drug-likeness (QED) is 0.438. The Morgan fingerprint density at radius 1 is 1.18 bits per heavy atom. The highest BCUT2D eigenvalue weighted by atomic mass is 32.2. The van der Waals surface area contributed by atoms with E-state index in [4.69, 9.17) is 4.74 Å². The lowest BCUT2D eigenvalue weighted by Gasteiger charge is -2.32. The molecular formula is C28H38N4O7S. The molecule has 0 radical (unpaired) electrons. The molecule has 5 rings (SSSR count). The fourth-order valence-electron chi connectivity index (χ4n) is 5.62. The maximum atomic E-state index is 13.8. The van der Waals surface area contributed by atoms with Gasteiger partial charge in [-0.05, 0) is 56.2 Å². The summed E-state index contributed by atoms with van der Waals surface area (Å²) in [5.41, 5.74) is -0.495. The Balaban J connectivity index is 1.38. The molecule has 4 aliphatic rings. The zero-order chi connectivity index (χ0) is 28.5. The predicted molar refractivity (Wildman–Crippen MR) is 147 cm³/mol. The van der Waals surface area contributed by atoms with Crippen molar-refractivity contribution in [1.82, 2.24) is 19.8 Å². The van der Waals surface area contributed by atoms with E-state index in [2.05, 4.69) is 10.0 Å². The third-order valence-corrected chi connectivity index (χ3v) is 10.1. The molecule has 2 saturated carbocycles. The predicted octanol–water partition coefficient (Wildman–Crippen LogP) is 1.67. The molecule has 0 bridgehead atoms. The average molecular weight is 575 g/mol. The van der Waals surface area contributed by atoms with E-state index in [-0.39, 0.29) is 31.3 Å². The molecule has 4 atom stereocenters. The number of rotatable bonds is 6. The zero-order valence-electron chi connectivity index (χ0n) is 22.8. The van der Waals surface area contributed by atoms with Crippen LogP contribution in [-0.2, 0) is 26.2 Å². The Kier molecular flexibility index (Phi) is 8.10. The van der Waals surface area contributed by atoms with Crippen LogP contribution in [0.3, 0.4) is 0 Å². The number of methoxy groups -OCH3 is 1. The number of benzene rings is 1. The Bertz CT molecular complexity index is 1260. The van der Waals surface area contributed by atoms with Crippen molar-refractivity contribution in [2.24, 2.45) is 5.92 Å². The molecule has 0 aromatic heterocycles. The Morgan fingerprint density at radius 3 is 2.62 bits per heavy atom. The van der Waals surface area contributed by atoms with Gasteiger partial charge in [-0.25, -0.2) is 13.2 Å². The molecule has 1 aromatic carbocycles. The zero-order valence-corrected chi connectivity index (χ0v) is 23.6. The number of urea groups is 1. The summed E-state index contributed by atoms with van der Waals surface area (Å²) in [7, 11) is -2.21. The summed E-state index contributed by atoms with van der Waals surface area (Å²) in [6, 6.07) is 6.09. The Hall–Kier alpha value is -3.12. The van der Waals surface area contributed by atoms with Crippen molar-refractivity contribution in [2.75, 3.05) is 20.2 Å².